The van der Waals surface area contributed by atoms with Crippen LogP contribution in [0.25, 0.3) is 21.3 Å². The van der Waals surface area contributed by atoms with Crippen LogP contribution in [-0.4, -0.2) is 34.9 Å². The third kappa shape index (κ3) is 4.32. The highest BCUT2D eigenvalue weighted by Crippen LogP contribution is 2.37. The molecule has 2 aliphatic rings. The number of carbonyl (C=O) groups excluding carboxylic acids is 2. The Hall–Kier alpha value is -3.00. The number of amides is 2. The molecule has 0 atom stereocenters. The molecular formula is C24H26N4O3S. The number of fused-ring (bicyclic) bond motifs is 2. The fraction of sp³-hybridized carbons (Fsp3) is 0.417. The van der Waals surface area contributed by atoms with Crippen molar-refractivity contribution >= 4 is 44.2 Å². The molecule has 0 saturated heterocycles. The Morgan fingerprint density at radius 1 is 1.19 bits per heavy atom. The molecule has 0 spiro atoms. The number of rotatable bonds is 4. The van der Waals surface area contributed by atoms with Crippen molar-refractivity contribution in [2.24, 2.45) is 5.92 Å². The van der Waals surface area contributed by atoms with Crippen LogP contribution in [0.5, 0.6) is 5.88 Å². The lowest BCUT2D eigenvalue weighted by Crippen LogP contribution is -2.39. The van der Waals surface area contributed by atoms with Crippen LogP contribution >= 0.6 is 11.3 Å². The highest BCUT2D eigenvalue weighted by Gasteiger charge is 2.28. The van der Waals surface area contributed by atoms with Gasteiger partial charge < -0.3 is 15.0 Å². The van der Waals surface area contributed by atoms with Crippen molar-refractivity contribution in [3.8, 4) is 17.0 Å². The van der Waals surface area contributed by atoms with E-state index in [2.05, 4.69) is 15.3 Å². The molecule has 1 aliphatic heterocycles. The topological polar surface area (TPSA) is 84.4 Å². The Kier molecular flexibility index (Phi) is 5.78. The maximum Gasteiger partial charge on any atom is 0.238 e. The zero-order valence-electron chi connectivity index (χ0n) is 18.1. The first-order valence-corrected chi connectivity index (χ1v) is 12.0. The van der Waals surface area contributed by atoms with E-state index in [9.17, 15) is 9.59 Å². The van der Waals surface area contributed by atoms with Gasteiger partial charge in [-0.2, -0.15) is 0 Å². The molecule has 166 valence electrons. The van der Waals surface area contributed by atoms with Gasteiger partial charge in [0.15, 0.2) is 5.13 Å². The number of thiazole rings is 1. The van der Waals surface area contributed by atoms with Gasteiger partial charge in [0.25, 0.3) is 0 Å². The van der Waals surface area contributed by atoms with Crippen LogP contribution in [0.1, 0.15) is 45.4 Å². The Labute approximate surface area is 190 Å². The molecule has 2 amide bonds. The Bertz CT molecular complexity index is 1170. The van der Waals surface area contributed by atoms with E-state index in [0.29, 0.717) is 36.5 Å². The first kappa shape index (κ1) is 20.9. The zero-order valence-corrected chi connectivity index (χ0v) is 18.9. The van der Waals surface area contributed by atoms with Crippen LogP contribution in [0.2, 0.25) is 0 Å². The van der Waals surface area contributed by atoms with Crippen LogP contribution in [0.3, 0.4) is 0 Å². The van der Waals surface area contributed by atoms with E-state index in [4.69, 9.17) is 4.74 Å². The number of hydrogen-bond acceptors (Lipinski definition) is 6. The predicted octanol–water partition coefficient (Wildman–Crippen LogP) is 5.01. The summed E-state index contributed by atoms with van der Waals surface area (Å²) in [5.41, 5.74) is 3.48. The summed E-state index contributed by atoms with van der Waals surface area (Å²) in [6, 6.07) is 7.96. The zero-order chi connectivity index (χ0) is 22.1. The molecule has 0 bridgehead atoms. The third-order valence-corrected chi connectivity index (χ3v) is 7.10. The number of hydrogen-bond donors (Lipinski definition) is 1. The van der Waals surface area contributed by atoms with Gasteiger partial charge in [0.05, 0.1) is 16.8 Å². The van der Waals surface area contributed by atoms with Gasteiger partial charge in [-0.25, -0.2) is 9.97 Å². The highest BCUT2D eigenvalue weighted by atomic mass is 32.1. The van der Waals surface area contributed by atoms with E-state index in [1.165, 1.54) is 37.5 Å². The van der Waals surface area contributed by atoms with Crippen molar-refractivity contribution < 1.29 is 14.3 Å². The normalized spacial score (nSPS) is 16.5. The Balaban J connectivity index is 1.42. The van der Waals surface area contributed by atoms with Gasteiger partial charge in [-0.1, -0.05) is 36.7 Å². The van der Waals surface area contributed by atoms with Crippen molar-refractivity contribution in [1.82, 2.24) is 9.97 Å². The fourth-order valence-corrected chi connectivity index (χ4v) is 5.52. The summed E-state index contributed by atoms with van der Waals surface area (Å²) in [5.74, 6) is 1.04. The molecule has 7 nitrogen and oxygen atoms in total. The molecule has 2 aromatic heterocycles. The number of benzene rings is 1. The summed E-state index contributed by atoms with van der Waals surface area (Å²) in [5, 5.41) is 3.33. The van der Waals surface area contributed by atoms with E-state index >= 15 is 0 Å². The molecule has 5 rings (SSSR count). The van der Waals surface area contributed by atoms with E-state index in [1.807, 2.05) is 29.2 Å². The summed E-state index contributed by atoms with van der Waals surface area (Å²) in [6.07, 6.45) is 8.43. The van der Waals surface area contributed by atoms with Gasteiger partial charge in [-0.3, -0.25) is 9.59 Å². The molecule has 32 heavy (non-hydrogen) atoms. The molecule has 0 unspecified atom stereocenters. The van der Waals surface area contributed by atoms with Gasteiger partial charge in [-0.05, 0) is 42.5 Å². The number of nitrogens with zero attached hydrogens (tertiary/aromatic N) is 3. The monoisotopic (exact) mass is 450 g/mol. The lowest BCUT2D eigenvalue weighted by atomic mass is 9.86. The quantitative estimate of drug-likeness (QED) is 0.604. The molecule has 3 heterocycles. The molecule has 3 aromatic rings. The molecule has 1 N–H and O–H groups in total. The van der Waals surface area contributed by atoms with Crippen LogP contribution in [0.15, 0.2) is 30.5 Å². The van der Waals surface area contributed by atoms with Crippen LogP contribution in [0.4, 0.5) is 10.8 Å². The summed E-state index contributed by atoms with van der Waals surface area (Å²) in [4.78, 5) is 35.3. The smallest absolute Gasteiger partial charge is 0.238 e. The lowest BCUT2D eigenvalue weighted by Gasteiger charge is -2.31. The first-order valence-electron chi connectivity index (χ1n) is 11.2. The van der Waals surface area contributed by atoms with Crippen LogP contribution < -0.4 is 15.0 Å². The second kappa shape index (κ2) is 8.86. The predicted molar refractivity (Wildman–Crippen MR) is 126 cm³/mol. The number of pyridine rings is 1. The average molecular weight is 451 g/mol. The second-order valence-electron chi connectivity index (χ2n) is 8.53. The van der Waals surface area contributed by atoms with Crippen LogP contribution in [0, 0.1) is 5.92 Å². The molecule has 1 saturated carbocycles. The minimum atomic E-state index is -0.138. The Morgan fingerprint density at radius 2 is 2.03 bits per heavy atom. The molecule has 8 heteroatoms. The summed E-state index contributed by atoms with van der Waals surface area (Å²) >= 11 is 1.44. The van der Waals surface area contributed by atoms with Crippen molar-refractivity contribution in [2.75, 3.05) is 23.4 Å². The molecule has 1 aromatic carbocycles. The summed E-state index contributed by atoms with van der Waals surface area (Å²) < 4.78 is 6.72. The standard InChI is InChI=1S/C24H26N4O3S/c1-15(29)26-24-27-19-8-7-17(13-21(19)32-24)18-12-20-23(25-14-18)31-10-9-28(20)22(30)11-16-5-3-2-4-6-16/h7-8,12-14,16H,2-6,9-11H2,1H3,(H,26,27,29). The van der Waals surface area contributed by atoms with E-state index in [1.54, 1.807) is 6.20 Å². The van der Waals surface area contributed by atoms with Gasteiger partial charge in [0, 0.05) is 25.1 Å². The lowest BCUT2D eigenvalue weighted by molar-refractivity contribution is -0.120. The van der Waals surface area contributed by atoms with Crippen molar-refractivity contribution in [1.29, 1.82) is 0 Å². The summed E-state index contributed by atoms with van der Waals surface area (Å²) in [7, 11) is 0. The van der Waals surface area contributed by atoms with E-state index in [0.717, 1.165) is 39.9 Å². The van der Waals surface area contributed by atoms with Crippen molar-refractivity contribution in [2.45, 2.75) is 45.4 Å². The van der Waals surface area contributed by atoms with Crippen molar-refractivity contribution in [3.05, 3.63) is 30.5 Å². The molecule has 1 fully saturated rings. The molecule has 0 radical (unpaired) electrons. The first-order chi connectivity index (χ1) is 15.6. The maximum absolute atomic E-state index is 13.1. The summed E-state index contributed by atoms with van der Waals surface area (Å²) in [6.45, 7) is 2.49. The molecular weight excluding hydrogens is 424 g/mol. The van der Waals surface area contributed by atoms with Gasteiger partial charge in [-0.15, -0.1) is 0 Å². The number of ether oxygens (including phenoxy) is 1. The Morgan fingerprint density at radius 3 is 2.84 bits per heavy atom. The van der Waals surface area contributed by atoms with E-state index in [-0.39, 0.29) is 11.8 Å². The minimum Gasteiger partial charge on any atom is -0.474 e. The minimum absolute atomic E-state index is 0.138. The largest absolute Gasteiger partial charge is 0.474 e. The van der Waals surface area contributed by atoms with Crippen molar-refractivity contribution in [3.63, 3.8) is 0 Å². The SMILES string of the molecule is CC(=O)Nc1nc2ccc(-c3cnc4c(c3)N(C(=O)CC3CCCCC3)CCO4)cc2s1. The third-order valence-electron chi connectivity index (χ3n) is 6.17. The maximum atomic E-state index is 13.1. The number of nitrogens with one attached hydrogen (secondary N) is 1. The second-order valence-corrected chi connectivity index (χ2v) is 9.56. The number of anilines is 2. The van der Waals surface area contributed by atoms with Crippen LogP contribution in [-0.2, 0) is 9.59 Å². The van der Waals surface area contributed by atoms with Gasteiger partial charge in [0.2, 0.25) is 17.7 Å². The van der Waals surface area contributed by atoms with Gasteiger partial charge >= 0.3 is 0 Å². The number of carbonyl (C=O) groups is 2. The van der Waals surface area contributed by atoms with E-state index < -0.39 is 0 Å². The van der Waals surface area contributed by atoms with Gasteiger partial charge in [0.1, 0.15) is 12.3 Å². The fourth-order valence-electron chi connectivity index (χ4n) is 4.57. The highest BCUT2D eigenvalue weighted by molar-refractivity contribution is 7.22. The molecule has 1 aliphatic carbocycles. The average Bonchev–Trinajstić information content (AvgIpc) is 3.19. The number of aromatic nitrogens is 2.